The standard InChI is InChI=1S/C18H19N5O2/c1-12-8-22(11-20-12)16-3-2-15-17(24)14(5-7-23(15)18(16)25)13-4-6-21(9-13)10-19/h2-3,8,11,13-14H,4-7,9H2,1H3/t13-,14?/m1/s1. The van der Waals surface area contributed by atoms with Crippen LogP contribution in [0, 0.1) is 30.2 Å². The number of ketones is 1. The predicted molar refractivity (Wildman–Crippen MR) is 90.3 cm³/mol. The lowest BCUT2D eigenvalue weighted by Gasteiger charge is -2.28. The number of likely N-dealkylation sites (tertiary alicyclic amines) is 1. The van der Waals surface area contributed by atoms with E-state index >= 15 is 0 Å². The molecule has 2 atom stereocenters. The molecule has 2 aromatic rings. The fourth-order valence-corrected chi connectivity index (χ4v) is 4.00. The lowest BCUT2D eigenvalue weighted by atomic mass is 9.82. The van der Waals surface area contributed by atoms with E-state index < -0.39 is 0 Å². The largest absolute Gasteiger partial charge is 0.310 e. The number of hydrogen-bond donors (Lipinski definition) is 0. The zero-order valence-electron chi connectivity index (χ0n) is 14.1. The summed E-state index contributed by atoms with van der Waals surface area (Å²) in [5, 5.41) is 9.02. The highest BCUT2D eigenvalue weighted by Gasteiger charge is 2.37. The molecule has 4 heterocycles. The minimum Gasteiger partial charge on any atom is -0.310 e. The first-order chi connectivity index (χ1) is 12.1. The van der Waals surface area contributed by atoms with Gasteiger partial charge in [0.25, 0.3) is 5.56 Å². The molecule has 0 radical (unpaired) electrons. The summed E-state index contributed by atoms with van der Waals surface area (Å²) < 4.78 is 3.28. The van der Waals surface area contributed by atoms with Crippen molar-refractivity contribution < 1.29 is 4.79 Å². The molecular weight excluding hydrogens is 318 g/mol. The van der Waals surface area contributed by atoms with Gasteiger partial charge in [-0.05, 0) is 37.8 Å². The van der Waals surface area contributed by atoms with Crippen molar-refractivity contribution in [2.45, 2.75) is 26.3 Å². The lowest BCUT2D eigenvalue weighted by Crippen LogP contribution is -2.39. The van der Waals surface area contributed by atoms with Crippen LogP contribution in [0.25, 0.3) is 5.69 Å². The molecule has 7 heteroatoms. The highest BCUT2D eigenvalue weighted by Crippen LogP contribution is 2.32. The topological polar surface area (TPSA) is 83.9 Å². The number of hydrogen-bond acceptors (Lipinski definition) is 5. The molecule has 0 aliphatic carbocycles. The first-order valence-electron chi connectivity index (χ1n) is 8.52. The first-order valence-corrected chi connectivity index (χ1v) is 8.52. The van der Waals surface area contributed by atoms with Crippen molar-refractivity contribution >= 4 is 5.78 Å². The molecule has 2 aromatic heterocycles. The number of carbonyl (C=O) groups excluding carboxylic acids is 1. The van der Waals surface area contributed by atoms with Gasteiger partial charge in [-0.1, -0.05) is 0 Å². The highest BCUT2D eigenvalue weighted by atomic mass is 16.1. The van der Waals surface area contributed by atoms with Crippen LogP contribution in [-0.2, 0) is 6.54 Å². The van der Waals surface area contributed by atoms with Crippen LogP contribution in [-0.4, -0.2) is 37.9 Å². The van der Waals surface area contributed by atoms with E-state index in [9.17, 15) is 9.59 Å². The van der Waals surface area contributed by atoms with Gasteiger partial charge >= 0.3 is 0 Å². The Labute approximate surface area is 145 Å². The molecule has 0 N–H and O–H groups in total. The normalized spacial score (nSPS) is 22.7. The smallest absolute Gasteiger partial charge is 0.275 e. The summed E-state index contributed by atoms with van der Waals surface area (Å²) in [5.74, 6) is 0.132. The van der Waals surface area contributed by atoms with Crippen molar-refractivity contribution in [1.82, 2.24) is 19.0 Å². The van der Waals surface area contributed by atoms with Crippen molar-refractivity contribution in [2.75, 3.05) is 13.1 Å². The average Bonchev–Trinajstić information content (AvgIpc) is 3.25. The van der Waals surface area contributed by atoms with Crippen LogP contribution in [0.3, 0.4) is 0 Å². The Morgan fingerprint density at radius 3 is 2.76 bits per heavy atom. The van der Waals surface area contributed by atoms with Gasteiger partial charge in [-0.3, -0.25) is 9.59 Å². The molecule has 0 spiro atoms. The highest BCUT2D eigenvalue weighted by molar-refractivity contribution is 5.97. The van der Waals surface area contributed by atoms with Crippen LogP contribution in [0.2, 0.25) is 0 Å². The van der Waals surface area contributed by atoms with Crippen LogP contribution in [0.4, 0.5) is 0 Å². The number of carbonyl (C=O) groups is 1. The summed E-state index contributed by atoms with van der Waals surface area (Å²) in [6.45, 7) is 3.77. The molecule has 0 aromatic carbocycles. The Bertz CT molecular complexity index is 936. The van der Waals surface area contributed by atoms with E-state index in [4.69, 9.17) is 5.26 Å². The molecule has 0 amide bonds. The second-order valence-corrected chi connectivity index (χ2v) is 6.84. The molecule has 7 nitrogen and oxygen atoms in total. The van der Waals surface area contributed by atoms with E-state index in [0.717, 1.165) is 18.7 Å². The number of Topliss-reactive ketones (excluding diaryl/α,β-unsaturated/α-hetero) is 1. The zero-order valence-corrected chi connectivity index (χ0v) is 14.1. The van der Waals surface area contributed by atoms with Crippen molar-refractivity contribution in [1.29, 1.82) is 5.26 Å². The summed E-state index contributed by atoms with van der Waals surface area (Å²) in [5.41, 5.74) is 1.66. The average molecular weight is 337 g/mol. The summed E-state index contributed by atoms with van der Waals surface area (Å²) >= 11 is 0. The van der Waals surface area contributed by atoms with Gasteiger partial charge in [0.2, 0.25) is 0 Å². The van der Waals surface area contributed by atoms with E-state index in [1.165, 1.54) is 0 Å². The molecule has 4 rings (SSSR count). The van der Waals surface area contributed by atoms with Gasteiger partial charge in [0, 0.05) is 31.7 Å². The van der Waals surface area contributed by atoms with Gasteiger partial charge in [-0.2, -0.15) is 5.26 Å². The van der Waals surface area contributed by atoms with Gasteiger partial charge in [-0.15, -0.1) is 0 Å². The number of aryl methyl sites for hydroxylation is 1. The summed E-state index contributed by atoms with van der Waals surface area (Å²) in [6.07, 6.45) is 7.09. The second kappa shape index (κ2) is 5.88. The molecule has 0 bridgehead atoms. The minimum atomic E-state index is -0.160. The van der Waals surface area contributed by atoms with Crippen molar-refractivity contribution in [2.24, 2.45) is 11.8 Å². The monoisotopic (exact) mass is 337 g/mol. The summed E-state index contributed by atoms with van der Waals surface area (Å²) in [4.78, 5) is 31.6. The van der Waals surface area contributed by atoms with Crippen molar-refractivity contribution in [3.63, 3.8) is 0 Å². The maximum absolute atomic E-state index is 12.9. The lowest BCUT2D eigenvalue weighted by molar-refractivity contribution is 0.0821. The second-order valence-electron chi connectivity index (χ2n) is 6.84. The SMILES string of the molecule is Cc1cn(-c2ccc3n(c2=O)CCC([C@@H]2CCN(C#N)C2)C3=O)cn1. The van der Waals surface area contributed by atoms with Gasteiger partial charge in [0.1, 0.15) is 5.69 Å². The number of nitriles is 1. The molecule has 1 fully saturated rings. The number of fused-ring (bicyclic) bond motifs is 1. The number of nitrogens with zero attached hydrogens (tertiary/aromatic N) is 5. The molecular formula is C18H19N5O2. The van der Waals surface area contributed by atoms with E-state index in [1.807, 2.05) is 6.92 Å². The van der Waals surface area contributed by atoms with Crippen LogP contribution >= 0.6 is 0 Å². The molecule has 2 aliphatic rings. The Hall–Kier alpha value is -2.88. The van der Waals surface area contributed by atoms with Crippen molar-refractivity contribution in [3.05, 3.63) is 46.4 Å². The first kappa shape index (κ1) is 15.6. The Morgan fingerprint density at radius 1 is 1.24 bits per heavy atom. The zero-order chi connectivity index (χ0) is 17.6. The van der Waals surface area contributed by atoms with Gasteiger partial charge in [0.15, 0.2) is 12.0 Å². The minimum absolute atomic E-state index is 0.0292. The summed E-state index contributed by atoms with van der Waals surface area (Å²) in [7, 11) is 0. The quantitative estimate of drug-likeness (QED) is 0.772. The van der Waals surface area contributed by atoms with Crippen LogP contribution in [0.5, 0.6) is 0 Å². The van der Waals surface area contributed by atoms with Gasteiger partial charge in [0.05, 0.1) is 17.7 Å². The molecule has 128 valence electrons. The van der Waals surface area contributed by atoms with Crippen LogP contribution in [0.1, 0.15) is 29.0 Å². The number of aromatic nitrogens is 3. The van der Waals surface area contributed by atoms with E-state index in [1.54, 1.807) is 38.7 Å². The maximum atomic E-state index is 12.9. The number of pyridine rings is 1. The molecule has 0 saturated carbocycles. The third kappa shape index (κ3) is 2.54. The fourth-order valence-electron chi connectivity index (χ4n) is 4.00. The molecule has 1 saturated heterocycles. The van der Waals surface area contributed by atoms with Gasteiger partial charge in [-0.25, -0.2) is 4.98 Å². The Morgan fingerprint density at radius 2 is 2.08 bits per heavy atom. The van der Waals surface area contributed by atoms with Crippen LogP contribution in [0.15, 0.2) is 29.5 Å². The molecule has 2 aliphatic heterocycles. The number of imidazole rings is 1. The molecule has 25 heavy (non-hydrogen) atoms. The van der Waals surface area contributed by atoms with Gasteiger partial charge < -0.3 is 14.0 Å². The van der Waals surface area contributed by atoms with Crippen LogP contribution < -0.4 is 5.56 Å². The van der Waals surface area contributed by atoms with E-state index in [2.05, 4.69) is 11.2 Å². The third-order valence-electron chi connectivity index (χ3n) is 5.33. The third-order valence-corrected chi connectivity index (χ3v) is 5.33. The Kier molecular flexibility index (Phi) is 3.68. The predicted octanol–water partition coefficient (Wildman–Crippen LogP) is 1.35. The molecule has 1 unspecified atom stereocenters. The van der Waals surface area contributed by atoms with Crippen molar-refractivity contribution in [3.8, 4) is 11.9 Å². The summed E-state index contributed by atoms with van der Waals surface area (Å²) in [6, 6.07) is 3.45. The van der Waals surface area contributed by atoms with E-state index in [-0.39, 0.29) is 23.2 Å². The van der Waals surface area contributed by atoms with E-state index in [0.29, 0.717) is 30.9 Å². The number of rotatable bonds is 2. The Balaban J connectivity index is 1.66. The maximum Gasteiger partial charge on any atom is 0.275 e. The fraction of sp³-hybridized carbons (Fsp3) is 0.444.